The van der Waals surface area contributed by atoms with Gasteiger partial charge in [0.2, 0.25) is 5.91 Å². The number of ether oxygens (including phenoxy) is 1. The maximum atomic E-state index is 12.3. The first-order valence-electron chi connectivity index (χ1n) is 9.62. The summed E-state index contributed by atoms with van der Waals surface area (Å²) in [5.41, 5.74) is 1.18. The van der Waals surface area contributed by atoms with E-state index in [1.54, 1.807) is 24.3 Å². The largest absolute Gasteiger partial charge is 0.476 e. The lowest BCUT2D eigenvalue weighted by Crippen LogP contribution is -2.60. The first kappa shape index (κ1) is 21.0. The maximum Gasteiger partial charge on any atom is 0.357 e. The first-order chi connectivity index (χ1) is 14.9. The second kappa shape index (κ2) is 8.44. The van der Waals surface area contributed by atoms with Gasteiger partial charge in [0.05, 0.1) is 12.0 Å². The van der Waals surface area contributed by atoms with Crippen LogP contribution in [0.2, 0.25) is 0 Å². The van der Waals surface area contributed by atoms with Gasteiger partial charge in [-0.05, 0) is 36.8 Å². The lowest BCUT2D eigenvalue weighted by Gasteiger charge is -2.43. The standard InChI is InChI=1S/C22H20N2O6S/c1-12(25)16-19(27)24-17(21(28)29)22(31-20(16)24)30-15-9-7-14(8-10-15)18(26)23-11-13-5-3-2-4-6-13/h2-10,12,16,20,25H,11H2,1H3,(H,23,26)(H,28,29)/t12-,16+,20-/m1/s1. The molecular formula is C22H20N2O6S. The number of amides is 2. The Bertz CT molecular complexity index is 1050. The van der Waals surface area contributed by atoms with Gasteiger partial charge in [0.25, 0.3) is 5.91 Å². The van der Waals surface area contributed by atoms with Crippen molar-refractivity contribution in [1.29, 1.82) is 0 Å². The average Bonchev–Trinajstić information content (AvgIpc) is 3.07. The zero-order valence-electron chi connectivity index (χ0n) is 16.5. The van der Waals surface area contributed by atoms with Gasteiger partial charge in [-0.2, -0.15) is 0 Å². The van der Waals surface area contributed by atoms with Crippen LogP contribution < -0.4 is 10.1 Å². The molecule has 2 aliphatic heterocycles. The van der Waals surface area contributed by atoms with E-state index < -0.39 is 29.3 Å². The van der Waals surface area contributed by atoms with Crippen LogP contribution in [0.15, 0.2) is 65.4 Å². The van der Waals surface area contributed by atoms with Gasteiger partial charge < -0.3 is 20.3 Å². The van der Waals surface area contributed by atoms with Crippen LogP contribution in [0.5, 0.6) is 5.75 Å². The summed E-state index contributed by atoms with van der Waals surface area (Å²) < 4.78 is 5.73. The number of carbonyl (C=O) groups excluding carboxylic acids is 2. The normalized spacial score (nSPS) is 20.7. The minimum Gasteiger partial charge on any atom is -0.476 e. The fourth-order valence-electron chi connectivity index (χ4n) is 3.48. The number of nitrogens with zero attached hydrogens (tertiary/aromatic N) is 1. The van der Waals surface area contributed by atoms with Gasteiger partial charge >= 0.3 is 5.97 Å². The molecule has 2 aromatic rings. The minimum atomic E-state index is -1.28. The molecule has 3 N–H and O–H groups in total. The zero-order valence-corrected chi connectivity index (χ0v) is 17.3. The predicted octanol–water partition coefficient (Wildman–Crippen LogP) is 2.16. The molecule has 0 bridgehead atoms. The minimum absolute atomic E-state index is 0.0790. The molecule has 4 rings (SSSR count). The highest BCUT2D eigenvalue weighted by atomic mass is 32.2. The number of aliphatic hydroxyl groups is 1. The van der Waals surface area contributed by atoms with E-state index in [2.05, 4.69) is 5.32 Å². The fourth-order valence-corrected chi connectivity index (χ4v) is 4.95. The Hall–Kier alpha value is -3.30. The van der Waals surface area contributed by atoms with Crippen LogP contribution in [0.1, 0.15) is 22.8 Å². The van der Waals surface area contributed by atoms with Crippen molar-refractivity contribution in [3.8, 4) is 5.75 Å². The summed E-state index contributed by atoms with van der Waals surface area (Å²) in [6, 6.07) is 15.8. The Kier molecular flexibility index (Phi) is 5.71. The molecule has 3 atom stereocenters. The van der Waals surface area contributed by atoms with Crippen LogP contribution in [-0.4, -0.2) is 44.4 Å². The number of β-lactam (4-membered cyclic amide) rings is 1. The Balaban J connectivity index is 1.43. The molecule has 0 spiro atoms. The second-order valence-electron chi connectivity index (χ2n) is 7.22. The summed E-state index contributed by atoms with van der Waals surface area (Å²) in [7, 11) is 0. The molecule has 0 aliphatic carbocycles. The Labute approximate surface area is 182 Å². The number of aliphatic carboxylic acids is 1. The van der Waals surface area contributed by atoms with Crippen molar-refractivity contribution in [2.75, 3.05) is 0 Å². The SMILES string of the molecule is C[C@@H](O)[C@H]1C(=O)N2C(C(=O)O)=C(Oc3ccc(C(=O)NCc4ccccc4)cc3)S[C@H]12. The van der Waals surface area contributed by atoms with E-state index in [4.69, 9.17) is 4.74 Å². The summed E-state index contributed by atoms with van der Waals surface area (Å²) in [6.45, 7) is 1.90. The van der Waals surface area contributed by atoms with Crippen LogP contribution in [-0.2, 0) is 16.1 Å². The molecule has 2 amide bonds. The van der Waals surface area contributed by atoms with E-state index in [1.807, 2.05) is 30.3 Å². The number of nitrogens with one attached hydrogen (secondary N) is 1. The van der Waals surface area contributed by atoms with Crippen LogP contribution in [0, 0.1) is 5.92 Å². The van der Waals surface area contributed by atoms with Gasteiger partial charge in [0, 0.05) is 12.1 Å². The molecule has 2 aromatic carbocycles. The second-order valence-corrected chi connectivity index (χ2v) is 8.31. The van der Waals surface area contributed by atoms with Crippen LogP contribution >= 0.6 is 11.8 Å². The third kappa shape index (κ3) is 4.01. The number of carboxylic acids is 1. The highest BCUT2D eigenvalue weighted by molar-refractivity contribution is 8.03. The molecule has 1 saturated heterocycles. The fraction of sp³-hybridized carbons (Fsp3) is 0.227. The molecule has 31 heavy (non-hydrogen) atoms. The topological polar surface area (TPSA) is 116 Å². The molecule has 9 heteroatoms. The average molecular weight is 440 g/mol. The molecule has 2 aliphatic rings. The summed E-state index contributed by atoms with van der Waals surface area (Å²) in [6.07, 6.45) is -0.885. The molecule has 8 nitrogen and oxygen atoms in total. The lowest BCUT2D eigenvalue weighted by molar-refractivity contribution is -0.156. The van der Waals surface area contributed by atoms with E-state index in [-0.39, 0.29) is 16.7 Å². The van der Waals surface area contributed by atoms with Crippen molar-refractivity contribution in [1.82, 2.24) is 10.2 Å². The lowest BCUT2D eigenvalue weighted by atomic mass is 9.92. The van der Waals surface area contributed by atoms with Crippen molar-refractivity contribution < 1.29 is 29.3 Å². The van der Waals surface area contributed by atoms with Gasteiger partial charge in [0.15, 0.2) is 10.8 Å². The summed E-state index contributed by atoms with van der Waals surface area (Å²) in [5, 5.41) is 21.7. The first-order valence-corrected chi connectivity index (χ1v) is 10.5. The summed E-state index contributed by atoms with van der Waals surface area (Å²) in [4.78, 5) is 37.4. The number of aliphatic hydroxyl groups excluding tert-OH is 1. The molecule has 2 heterocycles. The molecule has 0 aromatic heterocycles. The van der Waals surface area contributed by atoms with Crippen molar-refractivity contribution >= 4 is 29.5 Å². The van der Waals surface area contributed by atoms with Gasteiger partial charge in [-0.25, -0.2) is 4.79 Å². The molecule has 160 valence electrons. The third-order valence-electron chi connectivity index (χ3n) is 5.09. The zero-order chi connectivity index (χ0) is 22.1. The number of hydrogen-bond acceptors (Lipinski definition) is 6. The molecule has 0 unspecified atom stereocenters. The number of hydrogen-bond donors (Lipinski definition) is 3. The Morgan fingerprint density at radius 3 is 2.45 bits per heavy atom. The molecule has 1 fully saturated rings. The predicted molar refractivity (Wildman–Crippen MR) is 113 cm³/mol. The number of rotatable bonds is 7. The van der Waals surface area contributed by atoms with Crippen LogP contribution in [0.25, 0.3) is 0 Å². The van der Waals surface area contributed by atoms with Gasteiger partial charge in [-0.3, -0.25) is 14.5 Å². The summed E-state index contributed by atoms with van der Waals surface area (Å²) >= 11 is 1.09. The number of benzene rings is 2. The molecule has 0 radical (unpaired) electrons. The summed E-state index contributed by atoms with van der Waals surface area (Å²) in [5.74, 6) is -2.29. The highest BCUT2D eigenvalue weighted by Gasteiger charge is 2.58. The van der Waals surface area contributed by atoms with Gasteiger partial charge in [-0.1, -0.05) is 42.1 Å². The van der Waals surface area contributed by atoms with E-state index in [0.717, 1.165) is 22.2 Å². The van der Waals surface area contributed by atoms with Crippen LogP contribution in [0.4, 0.5) is 0 Å². The number of carbonyl (C=O) groups is 3. The number of fused-ring (bicyclic) bond motifs is 1. The molecule has 0 saturated carbocycles. The maximum absolute atomic E-state index is 12.3. The van der Waals surface area contributed by atoms with Gasteiger partial charge in [0.1, 0.15) is 11.1 Å². The van der Waals surface area contributed by atoms with E-state index in [0.29, 0.717) is 17.9 Å². The highest BCUT2D eigenvalue weighted by Crippen LogP contribution is 2.50. The van der Waals surface area contributed by atoms with Crippen molar-refractivity contribution in [2.45, 2.75) is 24.9 Å². The quantitative estimate of drug-likeness (QED) is 0.565. The van der Waals surface area contributed by atoms with Gasteiger partial charge in [-0.15, -0.1) is 0 Å². The molecular weight excluding hydrogens is 420 g/mol. The van der Waals surface area contributed by atoms with E-state index in [9.17, 15) is 24.6 Å². The number of thioether (sulfide) groups is 1. The van der Waals surface area contributed by atoms with E-state index >= 15 is 0 Å². The van der Waals surface area contributed by atoms with Crippen molar-refractivity contribution in [3.63, 3.8) is 0 Å². The Morgan fingerprint density at radius 2 is 1.84 bits per heavy atom. The Morgan fingerprint density at radius 1 is 1.16 bits per heavy atom. The van der Waals surface area contributed by atoms with Crippen molar-refractivity contribution in [2.24, 2.45) is 5.92 Å². The third-order valence-corrected chi connectivity index (χ3v) is 6.33. The van der Waals surface area contributed by atoms with Crippen LogP contribution in [0.3, 0.4) is 0 Å². The van der Waals surface area contributed by atoms with Crippen molar-refractivity contribution in [3.05, 3.63) is 76.5 Å². The monoisotopic (exact) mass is 440 g/mol. The smallest absolute Gasteiger partial charge is 0.357 e. The number of carboxylic acid groups (broad SMARTS) is 1. The van der Waals surface area contributed by atoms with E-state index in [1.165, 1.54) is 6.92 Å².